The third kappa shape index (κ3) is 4.65. The number of hydrogen-bond donors (Lipinski definition) is 0. The number of methoxy groups -OCH3 is 2. The van der Waals surface area contributed by atoms with Crippen molar-refractivity contribution in [2.45, 2.75) is 20.0 Å². The van der Waals surface area contributed by atoms with Crippen LogP contribution in [0.1, 0.15) is 26.7 Å². The summed E-state index contributed by atoms with van der Waals surface area (Å²) in [7, 11) is 3.19. The Bertz CT molecular complexity index is 1190. The van der Waals surface area contributed by atoms with Gasteiger partial charge in [0, 0.05) is 24.5 Å². The number of nitrogens with zero attached hydrogens (tertiary/aromatic N) is 3. The van der Waals surface area contributed by atoms with E-state index in [1.807, 2.05) is 49.4 Å². The van der Waals surface area contributed by atoms with Crippen LogP contribution in [0.15, 0.2) is 65.5 Å². The number of carbonyl (C=O) groups excluding carboxylic acids is 1. The summed E-state index contributed by atoms with van der Waals surface area (Å²) in [5, 5.41) is 0.742. The summed E-state index contributed by atoms with van der Waals surface area (Å²) in [5.74, 6) is 1.86. The van der Waals surface area contributed by atoms with Gasteiger partial charge in [-0.2, -0.15) is 0 Å². The number of hydrogen-bond acceptors (Lipinski definition) is 7. The predicted octanol–water partition coefficient (Wildman–Crippen LogP) is 4.97. The summed E-state index contributed by atoms with van der Waals surface area (Å²) in [4.78, 5) is 24.7. The van der Waals surface area contributed by atoms with Crippen LogP contribution in [-0.2, 0) is 13.1 Å². The van der Waals surface area contributed by atoms with Gasteiger partial charge in [0.15, 0.2) is 11.5 Å². The van der Waals surface area contributed by atoms with E-state index in [4.69, 9.17) is 13.9 Å². The lowest BCUT2D eigenvalue weighted by Crippen LogP contribution is -2.30. The fraction of sp³-hybridized carbons (Fsp3) is 0.208. The Labute approximate surface area is 190 Å². The van der Waals surface area contributed by atoms with E-state index in [-0.39, 0.29) is 5.91 Å². The van der Waals surface area contributed by atoms with Gasteiger partial charge in [-0.25, -0.2) is 4.98 Å². The standard InChI is InChI=1S/C24H23N3O4S/c1-16-22(32-23(26-16)18-8-9-20(29-2)21(12-18)30-3)24(28)27(15-19-7-5-11-31-19)14-17-6-4-10-25-13-17/h4-13H,14-15H2,1-3H3. The highest BCUT2D eigenvalue weighted by molar-refractivity contribution is 7.17. The zero-order chi connectivity index (χ0) is 22.5. The van der Waals surface area contributed by atoms with Crippen LogP contribution in [0.5, 0.6) is 11.5 Å². The molecule has 0 bridgehead atoms. The smallest absolute Gasteiger partial charge is 0.266 e. The van der Waals surface area contributed by atoms with E-state index < -0.39 is 0 Å². The van der Waals surface area contributed by atoms with Crippen molar-refractivity contribution in [3.63, 3.8) is 0 Å². The minimum Gasteiger partial charge on any atom is -0.493 e. The topological polar surface area (TPSA) is 77.7 Å². The number of carbonyl (C=O) groups is 1. The van der Waals surface area contributed by atoms with Gasteiger partial charge in [-0.3, -0.25) is 9.78 Å². The molecule has 0 atom stereocenters. The van der Waals surface area contributed by atoms with Gasteiger partial charge in [0.05, 0.1) is 32.7 Å². The molecule has 3 heterocycles. The van der Waals surface area contributed by atoms with Crippen molar-refractivity contribution in [2.75, 3.05) is 14.2 Å². The van der Waals surface area contributed by atoms with Crippen LogP contribution in [0.3, 0.4) is 0 Å². The second kappa shape index (κ2) is 9.65. The molecule has 0 aliphatic carbocycles. The van der Waals surface area contributed by atoms with Gasteiger partial charge in [0.1, 0.15) is 15.6 Å². The number of aromatic nitrogens is 2. The quantitative estimate of drug-likeness (QED) is 0.378. The minimum atomic E-state index is -0.105. The number of furan rings is 1. The molecule has 3 aromatic heterocycles. The van der Waals surface area contributed by atoms with Crippen molar-refractivity contribution in [1.29, 1.82) is 0 Å². The van der Waals surface area contributed by atoms with Crippen LogP contribution >= 0.6 is 11.3 Å². The molecule has 8 heteroatoms. The molecule has 0 saturated carbocycles. The van der Waals surface area contributed by atoms with Gasteiger partial charge >= 0.3 is 0 Å². The molecule has 32 heavy (non-hydrogen) atoms. The van der Waals surface area contributed by atoms with Crippen molar-refractivity contribution in [1.82, 2.24) is 14.9 Å². The SMILES string of the molecule is COc1ccc(-c2nc(C)c(C(=O)N(Cc3cccnc3)Cc3ccco3)s2)cc1OC. The number of pyridine rings is 1. The summed E-state index contributed by atoms with van der Waals surface area (Å²) >= 11 is 1.36. The third-order valence-electron chi connectivity index (χ3n) is 4.93. The number of amides is 1. The molecule has 1 aromatic carbocycles. The largest absolute Gasteiger partial charge is 0.493 e. The average Bonchev–Trinajstić information content (AvgIpc) is 3.48. The van der Waals surface area contributed by atoms with E-state index in [0.29, 0.717) is 40.9 Å². The summed E-state index contributed by atoms with van der Waals surface area (Å²) in [6.07, 6.45) is 5.08. The van der Waals surface area contributed by atoms with E-state index in [0.717, 1.165) is 16.1 Å². The first-order chi connectivity index (χ1) is 15.6. The van der Waals surface area contributed by atoms with E-state index >= 15 is 0 Å². The maximum Gasteiger partial charge on any atom is 0.266 e. The van der Waals surface area contributed by atoms with Crippen LogP contribution in [-0.4, -0.2) is 35.0 Å². The molecule has 0 radical (unpaired) electrons. The van der Waals surface area contributed by atoms with Crippen LogP contribution < -0.4 is 9.47 Å². The zero-order valence-electron chi connectivity index (χ0n) is 18.1. The number of aryl methyl sites for hydroxylation is 1. The highest BCUT2D eigenvalue weighted by atomic mass is 32.1. The second-order valence-corrected chi connectivity index (χ2v) is 8.10. The van der Waals surface area contributed by atoms with Crippen molar-refractivity contribution in [3.8, 4) is 22.1 Å². The number of thiazole rings is 1. The summed E-state index contributed by atoms with van der Waals surface area (Å²) in [6, 6.07) is 13.1. The molecule has 0 fully saturated rings. The van der Waals surface area contributed by atoms with Gasteiger partial charge < -0.3 is 18.8 Å². The van der Waals surface area contributed by atoms with Crippen molar-refractivity contribution < 1.29 is 18.7 Å². The van der Waals surface area contributed by atoms with E-state index in [2.05, 4.69) is 9.97 Å². The van der Waals surface area contributed by atoms with Crippen LogP contribution in [0.4, 0.5) is 0 Å². The first-order valence-electron chi connectivity index (χ1n) is 9.99. The van der Waals surface area contributed by atoms with Crippen molar-refractivity contribution in [2.24, 2.45) is 0 Å². The second-order valence-electron chi connectivity index (χ2n) is 7.11. The molecular formula is C24H23N3O4S. The normalized spacial score (nSPS) is 10.7. The minimum absolute atomic E-state index is 0.105. The Morgan fingerprint density at radius 2 is 1.94 bits per heavy atom. The molecule has 0 aliphatic heterocycles. The first-order valence-corrected chi connectivity index (χ1v) is 10.8. The Balaban J connectivity index is 1.64. The summed E-state index contributed by atoms with van der Waals surface area (Å²) < 4.78 is 16.2. The van der Waals surface area contributed by atoms with Gasteiger partial charge in [0.2, 0.25) is 0 Å². The number of ether oxygens (including phenoxy) is 2. The maximum absolute atomic E-state index is 13.6. The first kappa shape index (κ1) is 21.6. The van der Waals surface area contributed by atoms with Crippen molar-refractivity contribution >= 4 is 17.2 Å². The number of benzene rings is 1. The molecular weight excluding hydrogens is 426 g/mol. The fourth-order valence-corrected chi connectivity index (χ4v) is 4.36. The van der Waals surface area contributed by atoms with Gasteiger partial charge in [-0.15, -0.1) is 11.3 Å². The lowest BCUT2D eigenvalue weighted by molar-refractivity contribution is 0.0721. The lowest BCUT2D eigenvalue weighted by Gasteiger charge is -2.21. The summed E-state index contributed by atoms with van der Waals surface area (Å²) in [6.45, 7) is 2.61. The molecule has 0 N–H and O–H groups in total. The molecule has 1 amide bonds. The van der Waals surface area contributed by atoms with E-state index in [1.165, 1.54) is 11.3 Å². The van der Waals surface area contributed by atoms with Gasteiger partial charge in [-0.05, 0) is 48.9 Å². The molecule has 0 aliphatic rings. The third-order valence-corrected chi connectivity index (χ3v) is 6.13. The lowest BCUT2D eigenvalue weighted by atomic mass is 10.2. The molecule has 4 rings (SSSR count). The summed E-state index contributed by atoms with van der Waals surface area (Å²) in [5.41, 5.74) is 2.48. The molecule has 164 valence electrons. The molecule has 0 unspecified atom stereocenters. The Morgan fingerprint density at radius 1 is 1.09 bits per heavy atom. The molecule has 0 spiro atoms. The monoisotopic (exact) mass is 449 g/mol. The van der Waals surface area contributed by atoms with Crippen LogP contribution in [0.2, 0.25) is 0 Å². The fourth-order valence-electron chi connectivity index (χ4n) is 3.33. The average molecular weight is 450 g/mol. The van der Waals surface area contributed by atoms with Crippen LogP contribution in [0.25, 0.3) is 10.6 Å². The predicted molar refractivity (Wildman–Crippen MR) is 122 cm³/mol. The Hall–Kier alpha value is -3.65. The van der Waals surface area contributed by atoms with Gasteiger partial charge in [0.25, 0.3) is 5.91 Å². The highest BCUT2D eigenvalue weighted by Gasteiger charge is 2.24. The highest BCUT2D eigenvalue weighted by Crippen LogP contribution is 2.35. The van der Waals surface area contributed by atoms with Gasteiger partial charge in [-0.1, -0.05) is 6.07 Å². The molecule has 4 aromatic rings. The molecule has 7 nitrogen and oxygen atoms in total. The Kier molecular flexibility index (Phi) is 6.51. The van der Waals surface area contributed by atoms with Crippen molar-refractivity contribution in [3.05, 3.63) is 83.0 Å². The zero-order valence-corrected chi connectivity index (χ0v) is 18.9. The van der Waals surface area contributed by atoms with Crippen LogP contribution in [0, 0.1) is 6.92 Å². The van der Waals surface area contributed by atoms with E-state index in [1.54, 1.807) is 37.8 Å². The maximum atomic E-state index is 13.6. The molecule has 0 saturated heterocycles. The number of rotatable bonds is 8. The van der Waals surface area contributed by atoms with E-state index in [9.17, 15) is 4.79 Å². The Morgan fingerprint density at radius 3 is 2.62 bits per heavy atom.